The van der Waals surface area contributed by atoms with E-state index in [1.165, 1.54) is 0 Å². The Morgan fingerprint density at radius 2 is 2.30 bits per heavy atom. The van der Waals surface area contributed by atoms with Crippen molar-refractivity contribution in [2.24, 2.45) is 0 Å². The standard InChI is InChI=1S/C19H25N5O3/c1-14-11-20-4-2-16(14)21-5-6-22-18(25)10-17-19(26)23-7-8-24(17)12-15-3-9-27-13-15/h2-4,9,11,13,17H,5-8,10,12H2,1H3,(H,20,21)(H,22,25)(H,23,26)/t17-/m0/s1. The zero-order chi connectivity index (χ0) is 19.1. The maximum absolute atomic E-state index is 12.3. The number of rotatable bonds is 8. The number of amides is 2. The lowest BCUT2D eigenvalue weighted by Gasteiger charge is -2.34. The Hall–Kier alpha value is -2.87. The van der Waals surface area contributed by atoms with Gasteiger partial charge < -0.3 is 20.4 Å². The third-order valence-electron chi connectivity index (χ3n) is 4.57. The lowest BCUT2D eigenvalue weighted by molar-refractivity contribution is -0.134. The smallest absolute Gasteiger partial charge is 0.237 e. The van der Waals surface area contributed by atoms with Crippen molar-refractivity contribution in [3.8, 4) is 0 Å². The summed E-state index contributed by atoms with van der Waals surface area (Å²) in [4.78, 5) is 30.6. The van der Waals surface area contributed by atoms with Gasteiger partial charge in [0, 0.05) is 56.4 Å². The van der Waals surface area contributed by atoms with Crippen molar-refractivity contribution >= 4 is 17.5 Å². The fourth-order valence-corrected chi connectivity index (χ4v) is 3.11. The molecule has 1 aliphatic heterocycles. The summed E-state index contributed by atoms with van der Waals surface area (Å²) in [5.41, 5.74) is 3.04. The van der Waals surface area contributed by atoms with Crippen LogP contribution in [-0.2, 0) is 16.1 Å². The summed E-state index contributed by atoms with van der Waals surface area (Å²) >= 11 is 0. The summed E-state index contributed by atoms with van der Waals surface area (Å²) in [6, 6.07) is 3.30. The molecule has 27 heavy (non-hydrogen) atoms. The first-order valence-corrected chi connectivity index (χ1v) is 9.07. The SMILES string of the molecule is Cc1cnccc1NCCNC(=O)C[C@H]1C(=O)NCCN1Cc1ccoc1. The van der Waals surface area contributed by atoms with Gasteiger partial charge in [-0.05, 0) is 24.6 Å². The van der Waals surface area contributed by atoms with Gasteiger partial charge >= 0.3 is 0 Å². The summed E-state index contributed by atoms with van der Waals surface area (Å²) < 4.78 is 5.09. The lowest BCUT2D eigenvalue weighted by atomic mass is 10.1. The van der Waals surface area contributed by atoms with Crippen LogP contribution in [0.25, 0.3) is 0 Å². The van der Waals surface area contributed by atoms with Crippen LogP contribution in [-0.4, -0.2) is 53.9 Å². The van der Waals surface area contributed by atoms with Crippen LogP contribution in [0, 0.1) is 6.92 Å². The van der Waals surface area contributed by atoms with E-state index >= 15 is 0 Å². The molecule has 3 rings (SSSR count). The van der Waals surface area contributed by atoms with Crippen molar-refractivity contribution < 1.29 is 14.0 Å². The summed E-state index contributed by atoms with van der Waals surface area (Å²) in [5, 5.41) is 8.98. The topological polar surface area (TPSA) is 99.5 Å². The quantitative estimate of drug-likeness (QED) is 0.597. The van der Waals surface area contributed by atoms with Gasteiger partial charge in [0.1, 0.15) is 0 Å². The van der Waals surface area contributed by atoms with Gasteiger partial charge in [-0.15, -0.1) is 0 Å². The molecule has 3 heterocycles. The summed E-state index contributed by atoms with van der Waals surface area (Å²) in [5.74, 6) is -0.243. The molecule has 0 unspecified atom stereocenters. The first kappa shape index (κ1) is 18.9. The maximum atomic E-state index is 12.3. The summed E-state index contributed by atoms with van der Waals surface area (Å²) in [6.45, 7) is 4.94. The third-order valence-corrected chi connectivity index (χ3v) is 4.57. The first-order chi connectivity index (χ1) is 13.1. The first-order valence-electron chi connectivity index (χ1n) is 9.07. The number of piperazine rings is 1. The molecule has 2 amide bonds. The maximum Gasteiger partial charge on any atom is 0.237 e. The molecule has 2 aromatic heterocycles. The van der Waals surface area contributed by atoms with E-state index in [1.807, 2.05) is 24.0 Å². The zero-order valence-corrected chi connectivity index (χ0v) is 15.4. The molecule has 0 spiro atoms. The van der Waals surface area contributed by atoms with E-state index in [2.05, 4.69) is 20.9 Å². The van der Waals surface area contributed by atoms with E-state index in [0.717, 1.165) is 16.8 Å². The van der Waals surface area contributed by atoms with E-state index in [4.69, 9.17) is 4.42 Å². The monoisotopic (exact) mass is 371 g/mol. The Labute approximate surface area is 158 Å². The van der Waals surface area contributed by atoms with Gasteiger partial charge in [0.25, 0.3) is 0 Å². The number of carbonyl (C=O) groups is 2. The molecule has 0 bridgehead atoms. The largest absolute Gasteiger partial charge is 0.472 e. The van der Waals surface area contributed by atoms with Gasteiger partial charge in [-0.1, -0.05) is 0 Å². The Bertz CT molecular complexity index is 762. The average Bonchev–Trinajstić information content (AvgIpc) is 3.16. The molecule has 144 valence electrons. The van der Waals surface area contributed by atoms with Gasteiger partial charge in [-0.25, -0.2) is 0 Å². The van der Waals surface area contributed by atoms with Crippen molar-refractivity contribution in [3.05, 3.63) is 48.2 Å². The highest BCUT2D eigenvalue weighted by atomic mass is 16.3. The van der Waals surface area contributed by atoms with Crippen molar-refractivity contribution in [2.75, 3.05) is 31.5 Å². The van der Waals surface area contributed by atoms with Crippen LogP contribution in [0.15, 0.2) is 41.5 Å². The predicted octanol–water partition coefficient (Wildman–Crippen LogP) is 0.902. The number of aromatic nitrogens is 1. The molecule has 1 aliphatic rings. The second-order valence-electron chi connectivity index (χ2n) is 6.58. The molecular weight excluding hydrogens is 346 g/mol. The second-order valence-corrected chi connectivity index (χ2v) is 6.58. The minimum Gasteiger partial charge on any atom is -0.472 e. The van der Waals surface area contributed by atoms with Gasteiger partial charge in [0.15, 0.2) is 0 Å². The van der Waals surface area contributed by atoms with E-state index < -0.39 is 6.04 Å². The van der Waals surface area contributed by atoms with Crippen molar-refractivity contribution in [1.29, 1.82) is 0 Å². The van der Waals surface area contributed by atoms with Gasteiger partial charge in [0.05, 0.1) is 25.0 Å². The molecule has 0 saturated carbocycles. The van der Waals surface area contributed by atoms with Crippen LogP contribution in [0.1, 0.15) is 17.5 Å². The second kappa shape index (κ2) is 9.18. The number of hydrogen-bond donors (Lipinski definition) is 3. The molecular formula is C19H25N5O3. The number of hydrogen-bond acceptors (Lipinski definition) is 6. The number of anilines is 1. The zero-order valence-electron chi connectivity index (χ0n) is 15.4. The van der Waals surface area contributed by atoms with Crippen molar-refractivity contribution in [2.45, 2.75) is 25.9 Å². The van der Waals surface area contributed by atoms with Crippen LogP contribution in [0.5, 0.6) is 0 Å². The Balaban J connectivity index is 1.46. The number of furan rings is 1. The highest BCUT2D eigenvalue weighted by Gasteiger charge is 2.31. The van der Waals surface area contributed by atoms with E-state index in [0.29, 0.717) is 32.7 Å². The minimum atomic E-state index is -0.468. The number of pyridine rings is 1. The minimum absolute atomic E-state index is 0.106. The third kappa shape index (κ3) is 5.30. The van der Waals surface area contributed by atoms with E-state index in [-0.39, 0.29) is 18.2 Å². The average molecular weight is 371 g/mol. The predicted molar refractivity (Wildman–Crippen MR) is 101 cm³/mol. The van der Waals surface area contributed by atoms with Crippen LogP contribution in [0.2, 0.25) is 0 Å². The molecule has 2 aromatic rings. The number of carbonyl (C=O) groups excluding carboxylic acids is 2. The molecule has 1 atom stereocenters. The molecule has 8 heteroatoms. The summed E-state index contributed by atoms with van der Waals surface area (Å²) in [7, 11) is 0. The van der Waals surface area contributed by atoms with E-state index in [9.17, 15) is 9.59 Å². The molecule has 8 nitrogen and oxygen atoms in total. The molecule has 1 fully saturated rings. The number of nitrogens with one attached hydrogen (secondary N) is 3. The van der Waals surface area contributed by atoms with Crippen LogP contribution < -0.4 is 16.0 Å². The van der Waals surface area contributed by atoms with Crippen LogP contribution >= 0.6 is 0 Å². The fourth-order valence-electron chi connectivity index (χ4n) is 3.11. The lowest BCUT2D eigenvalue weighted by Crippen LogP contribution is -2.56. The highest BCUT2D eigenvalue weighted by Crippen LogP contribution is 2.14. The molecule has 0 aromatic carbocycles. The van der Waals surface area contributed by atoms with Crippen molar-refractivity contribution in [1.82, 2.24) is 20.5 Å². The van der Waals surface area contributed by atoms with Gasteiger partial charge in [0.2, 0.25) is 11.8 Å². The van der Waals surface area contributed by atoms with Gasteiger partial charge in [-0.2, -0.15) is 0 Å². The molecule has 0 aliphatic carbocycles. The number of aryl methyl sites for hydroxylation is 1. The normalized spacial score (nSPS) is 17.4. The van der Waals surface area contributed by atoms with Gasteiger partial charge in [-0.3, -0.25) is 19.5 Å². The molecule has 1 saturated heterocycles. The van der Waals surface area contributed by atoms with Crippen LogP contribution in [0.3, 0.4) is 0 Å². The highest BCUT2D eigenvalue weighted by molar-refractivity contribution is 5.88. The Morgan fingerprint density at radius 3 is 3.07 bits per heavy atom. The summed E-state index contributed by atoms with van der Waals surface area (Å²) in [6.07, 6.45) is 6.92. The number of nitrogens with zero attached hydrogens (tertiary/aromatic N) is 2. The molecule has 0 radical (unpaired) electrons. The van der Waals surface area contributed by atoms with Crippen molar-refractivity contribution in [3.63, 3.8) is 0 Å². The Morgan fingerprint density at radius 1 is 1.41 bits per heavy atom. The molecule has 3 N–H and O–H groups in total. The Kier molecular flexibility index (Phi) is 6.43. The van der Waals surface area contributed by atoms with E-state index in [1.54, 1.807) is 24.9 Å². The van der Waals surface area contributed by atoms with Crippen LogP contribution in [0.4, 0.5) is 5.69 Å². The fraction of sp³-hybridized carbons (Fsp3) is 0.421.